The molecule has 0 aliphatic carbocycles. The standard InChI is InChI=1S/C19H12ClF6N3/c20-15-6-1-10(9-14(15)19(24,25)26)16-13-7-8-27-17(13)29(28-16)12-4-2-11(3-5-12)18(21,22)23/h1-6,9,27H,7-8H2. The van der Waals surface area contributed by atoms with Gasteiger partial charge in [-0.2, -0.15) is 31.4 Å². The van der Waals surface area contributed by atoms with Crippen molar-refractivity contribution in [3.63, 3.8) is 0 Å². The minimum atomic E-state index is -4.62. The lowest BCUT2D eigenvalue weighted by molar-refractivity contribution is -0.138. The average Bonchev–Trinajstić information content (AvgIpc) is 3.23. The Morgan fingerprint density at radius 1 is 0.931 bits per heavy atom. The molecule has 10 heteroatoms. The van der Waals surface area contributed by atoms with Crippen molar-refractivity contribution in [2.75, 3.05) is 11.9 Å². The first-order chi connectivity index (χ1) is 13.6. The highest BCUT2D eigenvalue weighted by Gasteiger charge is 2.34. The van der Waals surface area contributed by atoms with Crippen LogP contribution in [0.2, 0.25) is 5.02 Å². The summed E-state index contributed by atoms with van der Waals surface area (Å²) in [5.41, 5.74) is -0.161. The van der Waals surface area contributed by atoms with Gasteiger partial charge in [0.05, 0.1) is 27.5 Å². The SMILES string of the molecule is FC(F)(F)c1ccc(-n2nc(-c3ccc(Cl)c(C(F)(F)F)c3)c3c2NCC3)cc1. The fourth-order valence-corrected chi connectivity index (χ4v) is 3.50. The molecule has 3 nitrogen and oxygen atoms in total. The Balaban J connectivity index is 1.81. The summed E-state index contributed by atoms with van der Waals surface area (Å²) in [6, 6.07) is 7.93. The first kappa shape index (κ1) is 19.6. The van der Waals surface area contributed by atoms with E-state index in [1.807, 2.05) is 0 Å². The number of anilines is 1. The van der Waals surface area contributed by atoms with Crippen LogP contribution >= 0.6 is 11.6 Å². The summed E-state index contributed by atoms with van der Waals surface area (Å²) in [6.45, 7) is 0.542. The van der Waals surface area contributed by atoms with E-state index in [0.29, 0.717) is 35.7 Å². The van der Waals surface area contributed by atoms with Gasteiger partial charge in [0.15, 0.2) is 0 Å². The Bertz CT molecular complexity index is 1070. The number of hydrogen-bond acceptors (Lipinski definition) is 2. The van der Waals surface area contributed by atoms with Gasteiger partial charge in [-0.3, -0.25) is 0 Å². The van der Waals surface area contributed by atoms with E-state index in [1.54, 1.807) is 0 Å². The number of hydrogen-bond donors (Lipinski definition) is 1. The molecule has 0 atom stereocenters. The number of nitrogens with one attached hydrogen (secondary N) is 1. The fraction of sp³-hybridized carbons (Fsp3) is 0.211. The van der Waals surface area contributed by atoms with Crippen LogP contribution in [0.1, 0.15) is 16.7 Å². The zero-order valence-electron chi connectivity index (χ0n) is 14.5. The Morgan fingerprint density at radius 2 is 1.62 bits per heavy atom. The topological polar surface area (TPSA) is 29.9 Å². The molecule has 4 rings (SSSR count). The summed E-state index contributed by atoms with van der Waals surface area (Å²) in [7, 11) is 0. The van der Waals surface area contributed by atoms with E-state index in [4.69, 9.17) is 11.6 Å². The van der Waals surface area contributed by atoms with Crippen LogP contribution in [0.4, 0.5) is 32.2 Å². The molecule has 0 saturated heterocycles. The molecule has 0 fully saturated rings. The Kier molecular flexibility index (Phi) is 4.53. The first-order valence-electron chi connectivity index (χ1n) is 8.46. The molecule has 1 N–H and O–H groups in total. The third-order valence-corrected chi connectivity index (χ3v) is 4.96. The Labute approximate surface area is 165 Å². The van der Waals surface area contributed by atoms with Crippen LogP contribution in [0.25, 0.3) is 16.9 Å². The second-order valence-corrected chi connectivity index (χ2v) is 6.91. The molecule has 3 aromatic rings. The van der Waals surface area contributed by atoms with E-state index in [9.17, 15) is 26.3 Å². The summed E-state index contributed by atoms with van der Waals surface area (Å²) in [5, 5.41) is 7.05. The molecule has 0 amide bonds. The lowest BCUT2D eigenvalue weighted by Gasteiger charge is -2.11. The quantitative estimate of drug-likeness (QED) is 0.490. The molecule has 0 unspecified atom stereocenters. The predicted molar refractivity (Wildman–Crippen MR) is 96.2 cm³/mol. The van der Waals surface area contributed by atoms with Crippen molar-refractivity contribution in [2.45, 2.75) is 18.8 Å². The van der Waals surface area contributed by atoms with Gasteiger partial charge in [0, 0.05) is 17.7 Å². The molecule has 29 heavy (non-hydrogen) atoms. The maximum Gasteiger partial charge on any atom is 0.417 e. The van der Waals surface area contributed by atoms with E-state index < -0.39 is 28.5 Å². The van der Waals surface area contributed by atoms with Gasteiger partial charge < -0.3 is 5.32 Å². The average molecular weight is 432 g/mol. The lowest BCUT2D eigenvalue weighted by atomic mass is 10.0. The van der Waals surface area contributed by atoms with Gasteiger partial charge in [0.2, 0.25) is 0 Å². The number of nitrogens with zero attached hydrogens (tertiary/aromatic N) is 2. The number of benzene rings is 2. The maximum absolute atomic E-state index is 13.2. The van der Waals surface area contributed by atoms with Gasteiger partial charge in [-0.05, 0) is 42.8 Å². The highest BCUT2D eigenvalue weighted by atomic mass is 35.5. The van der Waals surface area contributed by atoms with Crippen molar-refractivity contribution in [2.24, 2.45) is 0 Å². The van der Waals surface area contributed by atoms with Gasteiger partial charge in [0.25, 0.3) is 0 Å². The molecular formula is C19H12ClF6N3. The molecule has 0 bridgehead atoms. The van der Waals surface area contributed by atoms with E-state index in [0.717, 1.165) is 24.3 Å². The highest BCUT2D eigenvalue weighted by molar-refractivity contribution is 6.31. The minimum absolute atomic E-state index is 0.229. The van der Waals surface area contributed by atoms with Crippen molar-refractivity contribution in [1.29, 1.82) is 0 Å². The second-order valence-electron chi connectivity index (χ2n) is 6.50. The third-order valence-electron chi connectivity index (χ3n) is 4.64. The van der Waals surface area contributed by atoms with Crippen molar-refractivity contribution in [1.82, 2.24) is 9.78 Å². The molecule has 2 aromatic carbocycles. The van der Waals surface area contributed by atoms with E-state index in [1.165, 1.54) is 22.9 Å². The summed E-state index contributed by atoms with van der Waals surface area (Å²) in [5.74, 6) is 0.545. The molecule has 2 heterocycles. The zero-order chi connectivity index (χ0) is 21.0. The van der Waals surface area contributed by atoms with Crippen LogP contribution in [0.5, 0.6) is 0 Å². The Hall–Kier alpha value is -2.68. The van der Waals surface area contributed by atoms with Crippen molar-refractivity contribution in [3.8, 4) is 16.9 Å². The summed E-state index contributed by atoms with van der Waals surface area (Å²) in [4.78, 5) is 0. The second kappa shape index (κ2) is 6.69. The highest BCUT2D eigenvalue weighted by Crippen LogP contribution is 2.40. The number of alkyl halides is 6. The Morgan fingerprint density at radius 3 is 2.24 bits per heavy atom. The molecule has 152 valence electrons. The number of halogens is 7. The number of aromatic nitrogens is 2. The summed E-state index contributed by atoms with van der Waals surface area (Å²) < 4.78 is 79.4. The van der Waals surface area contributed by atoms with Gasteiger partial charge in [-0.25, -0.2) is 4.68 Å². The van der Waals surface area contributed by atoms with Crippen LogP contribution in [0.3, 0.4) is 0 Å². The summed E-state index contributed by atoms with van der Waals surface area (Å²) >= 11 is 5.69. The van der Waals surface area contributed by atoms with Gasteiger partial charge in [0.1, 0.15) is 5.82 Å². The molecule has 1 aromatic heterocycles. The van der Waals surface area contributed by atoms with Crippen molar-refractivity contribution in [3.05, 3.63) is 64.2 Å². The van der Waals surface area contributed by atoms with E-state index in [2.05, 4.69) is 10.4 Å². The minimum Gasteiger partial charge on any atom is -0.369 e. The molecule has 0 radical (unpaired) electrons. The van der Waals surface area contributed by atoms with Gasteiger partial charge in [-0.1, -0.05) is 17.7 Å². The smallest absolute Gasteiger partial charge is 0.369 e. The predicted octanol–water partition coefficient (Wildman–Crippen LogP) is 6.20. The maximum atomic E-state index is 13.2. The zero-order valence-corrected chi connectivity index (χ0v) is 15.3. The van der Waals surface area contributed by atoms with Crippen LogP contribution < -0.4 is 5.32 Å². The molecule has 0 spiro atoms. The van der Waals surface area contributed by atoms with Gasteiger partial charge in [-0.15, -0.1) is 0 Å². The van der Waals surface area contributed by atoms with E-state index >= 15 is 0 Å². The summed E-state index contributed by atoms with van der Waals surface area (Å²) in [6.07, 6.45) is -8.56. The van der Waals surface area contributed by atoms with Crippen LogP contribution in [0, 0.1) is 0 Å². The fourth-order valence-electron chi connectivity index (χ4n) is 3.27. The largest absolute Gasteiger partial charge is 0.417 e. The molecule has 0 saturated carbocycles. The lowest BCUT2D eigenvalue weighted by Crippen LogP contribution is -2.07. The number of fused-ring (bicyclic) bond motifs is 1. The van der Waals surface area contributed by atoms with Crippen molar-refractivity contribution >= 4 is 17.4 Å². The molecule has 1 aliphatic rings. The molecule has 1 aliphatic heterocycles. The number of rotatable bonds is 2. The normalized spacial score (nSPS) is 14.0. The van der Waals surface area contributed by atoms with Gasteiger partial charge >= 0.3 is 12.4 Å². The van der Waals surface area contributed by atoms with Crippen molar-refractivity contribution < 1.29 is 26.3 Å². The first-order valence-corrected chi connectivity index (χ1v) is 8.84. The van der Waals surface area contributed by atoms with Crippen LogP contribution in [-0.4, -0.2) is 16.3 Å². The van der Waals surface area contributed by atoms with E-state index in [-0.39, 0.29) is 5.56 Å². The third kappa shape index (κ3) is 3.55. The van der Waals surface area contributed by atoms with Crippen LogP contribution in [-0.2, 0) is 18.8 Å². The monoisotopic (exact) mass is 431 g/mol. The van der Waals surface area contributed by atoms with Crippen LogP contribution in [0.15, 0.2) is 42.5 Å². The molecular weight excluding hydrogens is 420 g/mol.